The van der Waals surface area contributed by atoms with Crippen molar-refractivity contribution in [3.63, 3.8) is 0 Å². The Morgan fingerprint density at radius 2 is 2.00 bits per heavy atom. The molecule has 9 heteroatoms. The van der Waals surface area contributed by atoms with Gasteiger partial charge in [-0.3, -0.25) is 4.79 Å². The fourth-order valence-electron chi connectivity index (χ4n) is 2.74. The number of ether oxygens (including phenoxy) is 2. The molecule has 0 aliphatic rings. The standard InChI is InChI=1S/C19H20F2N4O3/c1-11(2)25-17-13(10-24-25)7-14(9-22-17)18(26)23-8-12-4-5-15(28-19(20)21)16(6-12)27-3/h4-7,9-11,19H,8H2,1-3H3,(H,23,26). The van der Waals surface area contributed by atoms with E-state index in [1.165, 1.54) is 25.4 Å². The molecule has 2 heterocycles. The summed E-state index contributed by atoms with van der Waals surface area (Å²) in [5.74, 6) is -0.209. The highest BCUT2D eigenvalue weighted by Gasteiger charge is 2.13. The second-order valence-corrected chi connectivity index (χ2v) is 6.37. The third kappa shape index (κ3) is 4.19. The normalized spacial score (nSPS) is 11.2. The van der Waals surface area contributed by atoms with E-state index in [9.17, 15) is 13.6 Å². The van der Waals surface area contributed by atoms with Gasteiger partial charge in [0, 0.05) is 24.2 Å². The third-order valence-electron chi connectivity index (χ3n) is 4.08. The van der Waals surface area contributed by atoms with E-state index in [0.29, 0.717) is 16.8 Å². The molecule has 0 bridgehead atoms. The molecule has 7 nitrogen and oxygen atoms in total. The van der Waals surface area contributed by atoms with Gasteiger partial charge in [0.05, 0.1) is 18.9 Å². The maximum Gasteiger partial charge on any atom is 0.387 e. The van der Waals surface area contributed by atoms with Gasteiger partial charge < -0.3 is 14.8 Å². The number of fused-ring (bicyclic) bond motifs is 1. The molecule has 28 heavy (non-hydrogen) atoms. The van der Waals surface area contributed by atoms with E-state index in [1.54, 1.807) is 23.0 Å². The molecule has 0 aliphatic heterocycles. The second kappa shape index (κ2) is 8.20. The van der Waals surface area contributed by atoms with Crippen molar-refractivity contribution in [1.29, 1.82) is 0 Å². The van der Waals surface area contributed by atoms with Crippen LogP contribution in [-0.4, -0.2) is 34.4 Å². The number of alkyl halides is 2. The fraction of sp³-hybridized carbons (Fsp3) is 0.316. The average molecular weight is 390 g/mol. The molecule has 3 aromatic rings. The quantitative estimate of drug-likeness (QED) is 0.668. The molecular weight excluding hydrogens is 370 g/mol. The van der Waals surface area contributed by atoms with Crippen LogP contribution in [0.5, 0.6) is 11.5 Å². The van der Waals surface area contributed by atoms with E-state index >= 15 is 0 Å². The van der Waals surface area contributed by atoms with E-state index in [2.05, 4.69) is 20.1 Å². The fourth-order valence-corrected chi connectivity index (χ4v) is 2.74. The van der Waals surface area contributed by atoms with Crippen LogP contribution in [-0.2, 0) is 6.54 Å². The van der Waals surface area contributed by atoms with Crippen LogP contribution < -0.4 is 14.8 Å². The molecule has 0 aliphatic carbocycles. The highest BCUT2D eigenvalue weighted by Crippen LogP contribution is 2.29. The van der Waals surface area contributed by atoms with E-state index in [0.717, 1.165) is 5.39 Å². The maximum absolute atomic E-state index is 12.4. The molecular formula is C19H20F2N4O3. The topological polar surface area (TPSA) is 78.3 Å². The number of carbonyl (C=O) groups is 1. The SMILES string of the molecule is COc1cc(CNC(=O)c2cnc3c(cnn3C(C)C)c2)ccc1OC(F)F. The molecule has 2 aromatic heterocycles. The molecule has 1 amide bonds. The van der Waals surface area contributed by atoms with Gasteiger partial charge in [0.15, 0.2) is 17.1 Å². The lowest BCUT2D eigenvalue weighted by Gasteiger charge is -2.12. The minimum Gasteiger partial charge on any atom is -0.493 e. The molecule has 1 N–H and O–H groups in total. The van der Waals surface area contributed by atoms with E-state index < -0.39 is 6.61 Å². The number of halogens is 2. The lowest BCUT2D eigenvalue weighted by molar-refractivity contribution is -0.0512. The lowest BCUT2D eigenvalue weighted by Crippen LogP contribution is -2.23. The minimum absolute atomic E-state index is 0.0654. The van der Waals surface area contributed by atoms with Crippen LogP contribution in [0.2, 0.25) is 0 Å². The van der Waals surface area contributed by atoms with Gasteiger partial charge in [0.1, 0.15) is 0 Å². The monoisotopic (exact) mass is 390 g/mol. The minimum atomic E-state index is -2.94. The van der Waals surface area contributed by atoms with Crippen LogP contribution in [0.4, 0.5) is 8.78 Å². The number of nitrogens with one attached hydrogen (secondary N) is 1. The Hall–Kier alpha value is -3.23. The first kappa shape index (κ1) is 19.5. The number of aromatic nitrogens is 3. The van der Waals surface area contributed by atoms with Gasteiger partial charge in [-0.2, -0.15) is 13.9 Å². The smallest absolute Gasteiger partial charge is 0.387 e. The first-order valence-corrected chi connectivity index (χ1v) is 8.62. The first-order valence-electron chi connectivity index (χ1n) is 8.62. The van der Waals surface area contributed by atoms with E-state index in [1.807, 2.05) is 13.8 Å². The number of nitrogens with zero attached hydrogens (tertiary/aromatic N) is 3. The summed E-state index contributed by atoms with van der Waals surface area (Å²) < 4.78 is 36.0. The van der Waals surface area contributed by atoms with Crippen molar-refractivity contribution in [1.82, 2.24) is 20.1 Å². The zero-order valence-electron chi connectivity index (χ0n) is 15.6. The van der Waals surface area contributed by atoms with Crippen molar-refractivity contribution in [2.75, 3.05) is 7.11 Å². The number of hydrogen-bond donors (Lipinski definition) is 1. The molecule has 0 atom stereocenters. The molecule has 3 rings (SSSR count). The molecule has 0 saturated heterocycles. The van der Waals surface area contributed by atoms with Gasteiger partial charge >= 0.3 is 6.61 Å². The van der Waals surface area contributed by atoms with Crippen LogP contribution in [0, 0.1) is 0 Å². The number of carbonyl (C=O) groups excluding carboxylic acids is 1. The van der Waals surface area contributed by atoms with Crippen LogP contribution in [0.15, 0.2) is 36.7 Å². The van der Waals surface area contributed by atoms with Gasteiger partial charge in [0.2, 0.25) is 0 Å². The van der Waals surface area contributed by atoms with Crippen molar-refractivity contribution in [3.8, 4) is 11.5 Å². The zero-order valence-corrected chi connectivity index (χ0v) is 15.6. The van der Waals surface area contributed by atoms with Gasteiger partial charge in [-0.05, 0) is 37.6 Å². The largest absolute Gasteiger partial charge is 0.493 e. The molecule has 0 radical (unpaired) electrons. The summed E-state index contributed by atoms with van der Waals surface area (Å²) in [7, 11) is 1.36. The van der Waals surface area contributed by atoms with Crippen molar-refractivity contribution < 1.29 is 23.0 Å². The molecule has 1 aromatic carbocycles. The molecule has 148 valence electrons. The Bertz CT molecular complexity index is 988. The van der Waals surface area contributed by atoms with Gasteiger partial charge in [-0.1, -0.05) is 6.07 Å². The number of pyridine rings is 1. The Labute approximate surface area is 160 Å². The summed E-state index contributed by atoms with van der Waals surface area (Å²) in [6, 6.07) is 6.38. The van der Waals surface area contributed by atoms with Crippen molar-refractivity contribution in [2.45, 2.75) is 33.0 Å². The number of amides is 1. The van der Waals surface area contributed by atoms with Gasteiger partial charge in [0.25, 0.3) is 5.91 Å². The summed E-state index contributed by atoms with van der Waals surface area (Å²) in [5.41, 5.74) is 1.79. The summed E-state index contributed by atoms with van der Waals surface area (Å²) in [4.78, 5) is 16.8. The maximum atomic E-state index is 12.4. The average Bonchev–Trinajstić information content (AvgIpc) is 3.10. The highest BCUT2D eigenvalue weighted by atomic mass is 19.3. The summed E-state index contributed by atoms with van der Waals surface area (Å²) in [5, 5.41) is 7.82. The predicted octanol–water partition coefficient (Wildman–Crippen LogP) is 3.55. The number of methoxy groups -OCH3 is 1. The molecule has 0 saturated carbocycles. The van der Waals surface area contributed by atoms with Crippen molar-refractivity contribution in [3.05, 3.63) is 47.8 Å². The molecule has 0 spiro atoms. The van der Waals surface area contributed by atoms with Crippen molar-refractivity contribution in [2.24, 2.45) is 0 Å². The second-order valence-electron chi connectivity index (χ2n) is 6.37. The van der Waals surface area contributed by atoms with Crippen LogP contribution in [0.3, 0.4) is 0 Å². The first-order chi connectivity index (χ1) is 13.4. The number of rotatable bonds is 7. The number of hydrogen-bond acceptors (Lipinski definition) is 5. The highest BCUT2D eigenvalue weighted by molar-refractivity contribution is 5.96. The Kier molecular flexibility index (Phi) is 5.72. The van der Waals surface area contributed by atoms with Crippen LogP contribution >= 0.6 is 0 Å². The molecule has 0 fully saturated rings. The summed E-state index contributed by atoms with van der Waals surface area (Å²) >= 11 is 0. The van der Waals surface area contributed by atoms with Crippen LogP contribution in [0.25, 0.3) is 11.0 Å². The Morgan fingerprint density at radius 3 is 2.68 bits per heavy atom. The van der Waals surface area contributed by atoms with Crippen molar-refractivity contribution >= 4 is 16.9 Å². The number of benzene rings is 1. The van der Waals surface area contributed by atoms with Gasteiger partial charge in [-0.15, -0.1) is 0 Å². The Balaban J connectivity index is 1.71. The summed E-state index contributed by atoms with van der Waals surface area (Å²) in [6.45, 7) is 1.25. The van der Waals surface area contributed by atoms with Gasteiger partial charge in [-0.25, -0.2) is 9.67 Å². The lowest BCUT2D eigenvalue weighted by atomic mass is 10.2. The zero-order chi connectivity index (χ0) is 20.3. The predicted molar refractivity (Wildman–Crippen MR) is 98.7 cm³/mol. The Morgan fingerprint density at radius 1 is 1.21 bits per heavy atom. The van der Waals surface area contributed by atoms with Crippen LogP contribution in [0.1, 0.15) is 35.8 Å². The van der Waals surface area contributed by atoms with E-state index in [4.69, 9.17) is 4.74 Å². The summed E-state index contributed by atoms with van der Waals surface area (Å²) in [6.07, 6.45) is 3.17. The van der Waals surface area contributed by atoms with E-state index in [-0.39, 0.29) is 30.0 Å². The third-order valence-corrected chi connectivity index (χ3v) is 4.08. The molecule has 0 unspecified atom stereocenters.